The molecule has 1 N–H and O–H groups in total. The molecule has 0 spiro atoms. The van der Waals surface area contributed by atoms with Crippen LogP contribution in [0.5, 0.6) is 5.75 Å². The summed E-state index contributed by atoms with van der Waals surface area (Å²) in [7, 11) is 0. The topological polar surface area (TPSA) is 80.0 Å². The first-order valence-electron chi connectivity index (χ1n) is 13.0. The molecule has 2 heterocycles. The van der Waals surface area contributed by atoms with Gasteiger partial charge in [-0.2, -0.15) is 0 Å². The van der Waals surface area contributed by atoms with Crippen LogP contribution in [0.15, 0.2) is 45.6 Å². The average molecular weight is 490 g/mol. The Labute approximate surface area is 211 Å². The standard InChI is InChI=1S/C30H35NO5/c1-19-7-9-22(10-8-19)18-35-26-12-11-24-20(2)25(29(33)36-28(24)21(26)3)16-27(32)31-15-14-30(34)13-5-4-6-23(30)17-31/h7-12,23,34H,4-6,13-18H2,1-3H3/t23-,30+/m0/s1. The van der Waals surface area contributed by atoms with Gasteiger partial charge in [-0.05, 0) is 63.3 Å². The van der Waals surface area contributed by atoms with Gasteiger partial charge in [0.15, 0.2) is 0 Å². The van der Waals surface area contributed by atoms with E-state index in [0.717, 1.165) is 47.8 Å². The van der Waals surface area contributed by atoms with E-state index in [-0.39, 0.29) is 18.2 Å². The largest absolute Gasteiger partial charge is 0.488 e. The van der Waals surface area contributed by atoms with E-state index in [1.54, 1.807) is 0 Å². The van der Waals surface area contributed by atoms with Crippen LogP contribution in [0.1, 0.15) is 59.9 Å². The third kappa shape index (κ3) is 4.66. The minimum Gasteiger partial charge on any atom is -0.488 e. The lowest BCUT2D eigenvalue weighted by molar-refractivity contribution is -0.142. The second kappa shape index (κ2) is 9.74. The Morgan fingerprint density at radius 2 is 1.86 bits per heavy atom. The molecule has 190 valence electrons. The van der Waals surface area contributed by atoms with Crippen LogP contribution in [0.2, 0.25) is 0 Å². The van der Waals surface area contributed by atoms with Gasteiger partial charge < -0.3 is 19.2 Å². The minimum atomic E-state index is -0.635. The molecule has 6 nitrogen and oxygen atoms in total. The van der Waals surface area contributed by atoms with Gasteiger partial charge in [0.2, 0.25) is 5.91 Å². The smallest absolute Gasteiger partial charge is 0.340 e. The first-order chi connectivity index (χ1) is 17.2. The van der Waals surface area contributed by atoms with Crippen molar-refractivity contribution < 1.29 is 19.1 Å². The lowest BCUT2D eigenvalue weighted by Gasteiger charge is -2.47. The molecule has 1 saturated heterocycles. The van der Waals surface area contributed by atoms with E-state index in [1.807, 2.05) is 49.9 Å². The molecule has 1 aromatic heterocycles. The molecule has 0 bridgehead atoms. The molecule has 0 unspecified atom stereocenters. The number of amides is 1. The van der Waals surface area contributed by atoms with Gasteiger partial charge >= 0.3 is 5.63 Å². The Bertz CT molecular complexity index is 1340. The summed E-state index contributed by atoms with van der Waals surface area (Å²) >= 11 is 0. The van der Waals surface area contributed by atoms with Crippen molar-refractivity contribution >= 4 is 16.9 Å². The van der Waals surface area contributed by atoms with Crippen molar-refractivity contribution in [1.29, 1.82) is 0 Å². The summed E-state index contributed by atoms with van der Waals surface area (Å²) < 4.78 is 11.8. The lowest BCUT2D eigenvalue weighted by atomic mass is 9.71. The van der Waals surface area contributed by atoms with Crippen molar-refractivity contribution in [2.24, 2.45) is 5.92 Å². The monoisotopic (exact) mass is 489 g/mol. The number of aryl methyl sites for hydroxylation is 3. The van der Waals surface area contributed by atoms with E-state index in [1.165, 1.54) is 5.56 Å². The molecule has 1 amide bonds. The molecule has 0 radical (unpaired) electrons. The summed E-state index contributed by atoms with van der Waals surface area (Å²) in [6.07, 6.45) is 4.54. The highest BCUT2D eigenvalue weighted by Crippen LogP contribution is 2.40. The number of ether oxygens (including phenoxy) is 1. The second-order valence-corrected chi connectivity index (χ2v) is 10.6. The van der Waals surface area contributed by atoms with Crippen LogP contribution in [0.4, 0.5) is 0 Å². The van der Waals surface area contributed by atoms with Crippen molar-refractivity contribution in [3.05, 3.63) is 74.6 Å². The van der Waals surface area contributed by atoms with E-state index >= 15 is 0 Å². The quantitative estimate of drug-likeness (QED) is 0.511. The van der Waals surface area contributed by atoms with Crippen LogP contribution in [0.25, 0.3) is 11.0 Å². The number of carbonyl (C=O) groups is 1. The van der Waals surface area contributed by atoms with Crippen molar-refractivity contribution in [2.45, 2.75) is 71.5 Å². The van der Waals surface area contributed by atoms with Crippen LogP contribution >= 0.6 is 0 Å². The number of nitrogens with zero attached hydrogens (tertiary/aromatic N) is 1. The van der Waals surface area contributed by atoms with Crippen LogP contribution in [-0.4, -0.2) is 34.6 Å². The number of rotatable bonds is 5. The zero-order chi connectivity index (χ0) is 25.4. The Morgan fingerprint density at radius 1 is 1.08 bits per heavy atom. The van der Waals surface area contributed by atoms with Gasteiger partial charge in [0.25, 0.3) is 0 Å². The van der Waals surface area contributed by atoms with E-state index in [0.29, 0.717) is 43.0 Å². The van der Waals surface area contributed by atoms with Crippen molar-refractivity contribution in [1.82, 2.24) is 4.90 Å². The van der Waals surface area contributed by atoms with Crippen LogP contribution in [0, 0.1) is 26.7 Å². The predicted molar refractivity (Wildman–Crippen MR) is 139 cm³/mol. The number of hydrogen-bond donors (Lipinski definition) is 1. The Kier molecular flexibility index (Phi) is 6.64. The van der Waals surface area contributed by atoms with Crippen molar-refractivity contribution in [3.8, 4) is 5.75 Å². The number of hydrogen-bond acceptors (Lipinski definition) is 5. The molecule has 36 heavy (non-hydrogen) atoms. The minimum absolute atomic E-state index is 0.0139. The Hall–Kier alpha value is -3.12. The van der Waals surface area contributed by atoms with Gasteiger partial charge in [-0.25, -0.2) is 4.79 Å². The molecular weight excluding hydrogens is 454 g/mol. The third-order valence-electron chi connectivity index (χ3n) is 8.28. The zero-order valence-corrected chi connectivity index (χ0v) is 21.4. The molecule has 6 heteroatoms. The first kappa shape index (κ1) is 24.6. The molecular formula is C30H35NO5. The maximum absolute atomic E-state index is 13.2. The van der Waals surface area contributed by atoms with E-state index in [9.17, 15) is 14.7 Å². The molecule has 5 rings (SSSR count). The number of aliphatic hydroxyl groups is 1. The van der Waals surface area contributed by atoms with Gasteiger partial charge in [-0.15, -0.1) is 0 Å². The fourth-order valence-corrected chi connectivity index (χ4v) is 5.84. The van der Waals surface area contributed by atoms with Gasteiger partial charge in [0.1, 0.15) is 17.9 Å². The Balaban J connectivity index is 1.34. The second-order valence-electron chi connectivity index (χ2n) is 10.6. The molecule has 2 fully saturated rings. The zero-order valence-electron chi connectivity index (χ0n) is 21.4. The summed E-state index contributed by atoms with van der Waals surface area (Å²) in [5.41, 5.74) is 3.60. The average Bonchev–Trinajstić information content (AvgIpc) is 2.87. The van der Waals surface area contributed by atoms with Gasteiger partial charge in [-0.3, -0.25) is 4.79 Å². The molecule has 1 saturated carbocycles. The predicted octanol–water partition coefficient (Wildman–Crippen LogP) is 4.99. The maximum atomic E-state index is 13.2. The van der Waals surface area contributed by atoms with E-state index in [2.05, 4.69) is 12.1 Å². The van der Waals surface area contributed by atoms with Gasteiger partial charge in [-0.1, -0.05) is 42.7 Å². The highest BCUT2D eigenvalue weighted by atomic mass is 16.5. The van der Waals surface area contributed by atoms with Crippen LogP contribution in [0.3, 0.4) is 0 Å². The first-order valence-corrected chi connectivity index (χ1v) is 13.0. The number of piperidine rings is 1. The normalized spacial score (nSPS) is 21.9. The van der Waals surface area contributed by atoms with E-state index < -0.39 is 11.2 Å². The molecule has 3 aromatic rings. The molecule has 2 atom stereocenters. The summed E-state index contributed by atoms with van der Waals surface area (Å²) in [6, 6.07) is 12.0. The number of likely N-dealkylation sites (tertiary alicyclic amines) is 1. The third-order valence-corrected chi connectivity index (χ3v) is 8.28. The summed E-state index contributed by atoms with van der Waals surface area (Å²) in [5, 5.41) is 11.8. The molecule has 2 aromatic carbocycles. The van der Waals surface area contributed by atoms with E-state index in [4.69, 9.17) is 9.15 Å². The molecule has 2 aliphatic rings. The summed E-state index contributed by atoms with van der Waals surface area (Å²) in [6.45, 7) is 7.34. The Morgan fingerprint density at radius 3 is 2.64 bits per heavy atom. The summed E-state index contributed by atoms with van der Waals surface area (Å²) in [4.78, 5) is 28.0. The highest BCUT2D eigenvalue weighted by molar-refractivity contribution is 5.87. The number of fused-ring (bicyclic) bond motifs is 2. The van der Waals surface area contributed by atoms with Crippen LogP contribution in [-0.2, 0) is 17.8 Å². The molecule has 1 aliphatic heterocycles. The van der Waals surface area contributed by atoms with Crippen molar-refractivity contribution in [3.63, 3.8) is 0 Å². The SMILES string of the molecule is Cc1ccc(COc2ccc3c(C)c(CC(=O)N4CC[C@]5(O)CCCC[C@H]5C4)c(=O)oc3c2C)cc1. The molecule has 1 aliphatic carbocycles. The number of benzene rings is 2. The van der Waals surface area contributed by atoms with Crippen molar-refractivity contribution in [2.75, 3.05) is 13.1 Å². The van der Waals surface area contributed by atoms with Gasteiger partial charge in [0, 0.05) is 30.0 Å². The van der Waals surface area contributed by atoms with Crippen LogP contribution < -0.4 is 10.4 Å². The fraction of sp³-hybridized carbons (Fsp3) is 0.467. The number of carbonyl (C=O) groups excluding carboxylic acids is 1. The highest BCUT2D eigenvalue weighted by Gasteiger charge is 2.43. The summed E-state index contributed by atoms with van der Waals surface area (Å²) in [5.74, 6) is 0.717. The van der Waals surface area contributed by atoms with Gasteiger partial charge in [0.05, 0.1) is 17.6 Å². The fourth-order valence-electron chi connectivity index (χ4n) is 5.84. The maximum Gasteiger partial charge on any atom is 0.340 e. The lowest BCUT2D eigenvalue weighted by Crippen LogP contribution is -2.55.